The van der Waals surface area contributed by atoms with E-state index < -0.39 is 11.6 Å². The van der Waals surface area contributed by atoms with Crippen molar-refractivity contribution in [3.63, 3.8) is 0 Å². The lowest BCUT2D eigenvalue weighted by Crippen LogP contribution is -2.17. The fourth-order valence-electron chi connectivity index (χ4n) is 1.63. The molecule has 2 N–H and O–H groups in total. The fraction of sp³-hybridized carbons (Fsp3) is 0.455. The number of aliphatic hydroxyl groups excluding tert-OH is 1. The van der Waals surface area contributed by atoms with E-state index in [1.807, 2.05) is 0 Å². The number of ether oxygens (including phenoxy) is 2. The van der Waals surface area contributed by atoms with Crippen molar-refractivity contribution < 1.29 is 24.1 Å². The molecule has 1 aliphatic rings. The van der Waals surface area contributed by atoms with Gasteiger partial charge in [-0.15, -0.1) is 0 Å². The zero-order valence-corrected chi connectivity index (χ0v) is 8.86. The Morgan fingerprint density at radius 3 is 2.81 bits per heavy atom. The van der Waals surface area contributed by atoms with Gasteiger partial charge >= 0.3 is 0 Å². The minimum absolute atomic E-state index is 0.0577. The third-order valence-electron chi connectivity index (χ3n) is 2.58. The van der Waals surface area contributed by atoms with Crippen LogP contribution in [0, 0.1) is 5.82 Å². The average molecular weight is 228 g/mol. The van der Waals surface area contributed by atoms with Gasteiger partial charge in [-0.25, -0.2) is 0 Å². The van der Waals surface area contributed by atoms with Crippen molar-refractivity contribution in [2.75, 3.05) is 19.8 Å². The first kappa shape index (κ1) is 11.0. The Hall–Kier alpha value is -1.49. The number of phenols is 1. The van der Waals surface area contributed by atoms with Crippen LogP contribution >= 0.6 is 0 Å². The topological polar surface area (TPSA) is 58.9 Å². The summed E-state index contributed by atoms with van der Waals surface area (Å²) in [6, 6.07) is 1.51. The van der Waals surface area contributed by atoms with Crippen molar-refractivity contribution in [1.82, 2.24) is 0 Å². The number of aliphatic hydroxyl groups is 1. The van der Waals surface area contributed by atoms with Gasteiger partial charge in [0.1, 0.15) is 13.2 Å². The van der Waals surface area contributed by atoms with Crippen LogP contribution in [0.5, 0.6) is 17.2 Å². The highest BCUT2D eigenvalue weighted by atomic mass is 19.1. The standard InChI is InChI=1S/C11H13FO4/c1-6(5-13)7-4-8-11(9(12)10(7)14)16-3-2-15-8/h4,6,13-14H,2-3,5H2,1H3. The van der Waals surface area contributed by atoms with Crippen LogP contribution in [0.1, 0.15) is 18.4 Å². The van der Waals surface area contributed by atoms with Crippen molar-refractivity contribution in [3.8, 4) is 17.2 Å². The Balaban J connectivity index is 2.52. The predicted octanol–water partition coefficient (Wildman–Crippen LogP) is 1.40. The van der Waals surface area contributed by atoms with E-state index in [4.69, 9.17) is 14.6 Å². The minimum Gasteiger partial charge on any atom is -0.505 e. The highest BCUT2D eigenvalue weighted by Crippen LogP contribution is 2.42. The van der Waals surface area contributed by atoms with E-state index in [0.29, 0.717) is 12.2 Å². The smallest absolute Gasteiger partial charge is 0.210 e. The van der Waals surface area contributed by atoms with Crippen LogP contribution in [0.25, 0.3) is 0 Å². The molecule has 1 unspecified atom stereocenters. The number of rotatable bonds is 2. The molecule has 88 valence electrons. The normalized spacial score (nSPS) is 15.9. The highest BCUT2D eigenvalue weighted by Gasteiger charge is 2.24. The zero-order valence-electron chi connectivity index (χ0n) is 8.86. The van der Waals surface area contributed by atoms with Crippen LogP contribution in [0.4, 0.5) is 4.39 Å². The van der Waals surface area contributed by atoms with Crippen molar-refractivity contribution in [1.29, 1.82) is 0 Å². The van der Waals surface area contributed by atoms with Crippen LogP contribution in [0.3, 0.4) is 0 Å². The van der Waals surface area contributed by atoms with Gasteiger partial charge in [0.25, 0.3) is 0 Å². The van der Waals surface area contributed by atoms with Gasteiger partial charge in [-0.1, -0.05) is 6.92 Å². The zero-order chi connectivity index (χ0) is 11.7. The van der Waals surface area contributed by atoms with Crippen LogP contribution < -0.4 is 9.47 Å². The molecule has 0 amide bonds. The summed E-state index contributed by atoms with van der Waals surface area (Å²) >= 11 is 0. The summed E-state index contributed by atoms with van der Waals surface area (Å²) in [4.78, 5) is 0. The van der Waals surface area contributed by atoms with E-state index in [9.17, 15) is 9.50 Å². The van der Waals surface area contributed by atoms with Gasteiger partial charge in [0, 0.05) is 18.1 Å². The van der Waals surface area contributed by atoms with Gasteiger partial charge in [0.15, 0.2) is 11.5 Å². The third-order valence-corrected chi connectivity index (χ3v) is 2.58. The van der Waals surface area contributed by atoms with Crippen LogP contribution in [-0.4, -0.2) is 30.0 Å². The van der Waals surface area contributed by atoms with E-state index in [-0.39, 0.29) is 30.6 Å². The molecular formula is C11H13FO4. The molecule has 2 rings (SSSR count). The van der Waals surface area contributed by atoms with Crippen LogP contribution in [0.15, 0.2) is 6.07 Å². The summed E-state index contributed by atoms with van der Waals surface area (Å²) < 4.78 is 24.0. The van der Waals surface area contributed by atoms with Gasteiger partial charge in [0.2, 0.25) is 11.6 Å². The molecule has 0 saturated carbocycles. The highest BCUT2D eigenvalue weighted by molar-refractivity contribution is 5.53. The average Bonchev–Trinajstić information content (AvgIpc) is 2.33. The van der Waals surface area contributed by atoms with E-state index in [1.54, 1.807) is 6.92 Å². The number of hydrogen-bond donors (Lipinski definition) is 2. The second kappa shape index (κ2) is 4.17. The van der Waals surface area contributed by atoms with Crippen molar-refractivity contribution in [2.45, 2.75) is 12.8 Å². The Labute approximate surface area is 92.2 Å². The van der Waals surface area contributed by atoms with Crippen molar-refractivity contribution >= 4 is 0 Å². The van der Waals surface area contributed by atoms with Crippen LogP contribution in [0.2, 0.25) is 0 Å². The lowest BCUT2D eigenvalue weighted by molar-refractivity contribution is 0.161. The Morgan fingerprint density at radius 1 is 1.44 bits per heavy atom. The molecule has 1 aromatic carbocycles. The van der Waals surface area contributed by atoms with E-state index in [1.165, 1.54) is 6.07 Å². The Bertz CT molecular complexity index is 405. The number of aromatic hydroxyl groups is 1. The largest absolute Gasteiger partial charge is 0.505 e. The lowest BCUT2D eigenvalue weighted by atomic mass is 10.00. The maximum Gasteiger partial charge on any atom is 0.210 e. The first-order valence-corrected chi connectivity index (χ1v) is 5.07. The molecule has 0 saturated heterocycles. The molecule has 0 aliphatic carbocycles. The third kappa shape index (κ3) is 1.67. The molecule has 0 aromatic heterocycles. The molecule has 0 fully saturated rings. The predicted molar refractivity (Wildman–Crippen MR) is 54.6 cm³/mol. The summed E-state index contributed by atoms with van der Waals surface area (Å²) in [6.07, 6.45) is 0. The fourth-order valence-corrected chi connectivity index (χ4v) is 1.63. The summed E-state index contributed by atoms with van der Waals surface area (Å²) in [5.74, 6) is -1.45. The van der Waals surface area contributed by atoms with E-state index >= 15 is 0 Å². The van der Waals surface area contributed by atoms with Crippen molar-refractivity contribution in [3.05, 3.63) is 17.4 Å². The summed E-state index contributed by atoms with van der Waals surface area (Å²) in [5, 5.41) is 18.6. The number of benzene rings is 1. The molecule has 0 radical (unpaired) electrons. The monoisotopic (exact) mass is 228 g/mol. The van der Waals surface area contributed by atoms with Crippen molar-refractivity contribution in [2.24, 2.45) is 0 Å². The molecule has 0 bridgehead atoms. The maximum atomic E-state index is 13.7. The van der Waals surface area contributed by atoms with Gasteiger partial charge in [0.05, 0.1) is 0 Å². The molecule has 1 aromatic rings. The maximum absolute atomic E-state index is 13.7. The summed E-state index contributed by atoms with van der Waals surface area (Å²) in [7, 11) is 0. The molecule has 0 spiro atoms. The second-order valence-electron chi connectivity index (χ2n) is 3.74. The first-order valence-electron chi connectivity index (χ1n) is 5.07. The molecule has 4 nitrogen and oxygen atoms in total. The van der Waals surface area contributed by atoms with Gasteiger partial charge in [-0.05, 0) is 6.07 Å². The quantitative estimate of drug-likeness (QED) is 0.803. The molecule has 5 heteroatoms. The molecule has 1 heterocycles. The summed E-state index contributed by atoms with van der Waals surface area (Å²) in [5.41, 5.74) is 0.323. The number of halogens is 1. The van der Waals surface area contributed by atoms with Gasteiger partial charge < -0.3 is 19.7 Å². The number of fused-ring (bicyclic) bond motifs is 1. The summed E-state index contributed by atoms with van der Waals surface area (Å²) in [6.45, 7) is 2.12. The minimum atomic E-state index is -0.826. The number of hydrogen-bond acceptors (Lipinski definition) is 4. The van der Waals surface area contributed by atoms with Gasteiger partial charge in [-0.3, -0.25) is 0 Å². The first-order chi connectivity index (χ1) is 7.65. The number of phenolic OH excluding ortho intramolecular Hbond substituents is 1. The molecule has 1 atom stereocenters. The second-order valence-corrected chi connectivity index (χ2v) is 3.74. The van der Waals surface area contributed by atoms with E-state index in [2.05, 4.69) is 0 Å². The van der Waals surface area contributed by atoms with E-state index in [0.717, 1.165) is 0 Å². The molecule has 1 aliphatic heterocycles. The molecule has 16 heavy (non-hydrogen) atoms. The SMILES string of the molecule is CC(CO)c1cc2c(c(F)c1O)OCCO2. The van der Waals surface area contributed by atoms with Gasteiger partial charge in [-0.2, -0.15) is 4.39 Å². The Morgan fingerprint density at radius 2 is 2.12 bits per heavy atom. The Kier molecular flexibility index (Phi) is 2.87. The molecular weight excluding hydrogens is 215 g/mol. The lowest BCUT2D eigenvalue weighted by Gasteiger charge is -2.21. The van der Waals surface area contributed by atoms with Crippen LogP contribution in [-0.2, 0) is 0 Å².